The first-order chi connectivity index (χ1) is 12.1. The molecule has 1 aliphatic rings. The highest BCUT2D eigenvalue weighted by molar-refractivity contribution is 5.56. The Morgan fingerprint density at radius 1 is 1.12 bits per heavy atom. The second-order valence-electron chi connectivity index (χ2n) is 6.52. The number of likely N-dealkylation sites (N-methyl/N-ethyl adjacent to an activating group) is 1. The molecule has 0 N–H and O–H groups in total. The van der Waals surface area contributed by atoms with E-state index in [0.717, 1.165) is 54.6 Å². The summed E-state index contributed by atoms with van der Waals surface area (Å²) < 4.78 is 10.8. The van der Waals surface area contributed by atoms with E-state index in [1.807, 2.05) is 25.4 Å². The standard InChI is InChI=1S/C19H26N4O2/c1-14-10-21-15(11-20-14)12-22(2)16-5-6-23(13-16)17-7-18(24-3)9-19(8-17)25-4/h7-11,16H,5-6,12-13H2,1-4H3/t16-/m1/s1. The lowest BCUT2D eigenvalue weighted by molar-refractivity contribution is 0.247. The number of anilines is 1. The molecule has 6 nitrogen and oxygen atoms in total. The Labute approximate surface area is 149 Å². The number of hydrogen-bond acceptors (Lipinski definition) is 6. The third-order valence-electron chi connectivity index (χ3n) is 4.73. The summed E-state index contributed by atoms with van der Waals surface area (Å²) in [7, 11) is 5.52. The van der Waals surface area contributed by atoms with E-state index >= 15 is 0 Å². The summed E-state index contributed by atoms with van der Waals surface area (Å²) in [5.41, 5.74) is 3.10. The smallest absolute Gasteiger partial charge is 0.124 e. The summed E-state index contributed by atoms with van der Waals surface area (Å²) in [5, 5.41) is 0. The highest BCUT2D eigenvalue weighted by atomic mass is 16.5. The van der Waals surface area contributed by atoms with Crippen molar-refractivity contribution < 1.29 is 9.47 Å². The van der Waals surface area contributed by atoms with Gasteiger partial charge in [0.2, 0.25) is 0 Å². The summed E-state index contributed by atoms with van der Waals surface area (Å²) in [5.74, 6) is 1.64. The predicted molar refractivity (Wildman–Crippen MR) is 98.4 cm³/mol. The van der Waals surface area contributed by atoms with Gasteiger partial charge in [0.1, 0.15) is 11.5 Å². The largest absolute Gasteiger partial charge is 0.497 e. The molecule has 25 heavy (non-hydrogen) atoms. The Bertz CT molecular complexity index is 683. The van der Waals surface area contributed by atoms with Crippen molar-refractivity contribution in [3.05, 3.63) is 42.0 Å². The minimum absolute atomic E-state index is 0.486. The second-order valence-corrected chi connectivity index (χ2v) is 6.52. The summed E-state index contributed by atoms with van der Waals surface area (Å²) in [6.45, 7) is 4.77. The molecule has 2 heterocycles. The van der Waals surface area contributed by atoms with Gasteiger partial charge in [0.15, 0.2) is 0 Å². The van der Waals surface area contributed by atoms with Gasteiger partial charge in [0, 0.05) is 62.0 Å². The quantitative estimate of drug-likeness (QED) is 0.804. The Hall–Kier alpha value is -2.34. The zero-order valence-electron chi connectivity index (χ0n) is 15.4. The van der Waals surface area contributed by atoms with Gasteiger partial charge in [-0.25, -0.2) is 0 Å². The van der Waals surface area contributed by atoms with Crippen LogP contribution in [0.3, 0.4) is 0 Å². The van der Waals surface area contributed by atoms with Gasteiger partial charge in [0.05, 0.1) is 25.6 Å². The molecular weight excluding hydrogens is 316 g/mol. The van der Waals surface area contributed by atoms with E-state index in [4.69, 9.17) is 9.47 Å². The van der Waals surface area contributed by atoms with Crippen LogP contribution in [0, 0.1) is 6.92 Å². The Kier molecular flexibility index (Phi) is 5.38. The maximum Gasteiger partial charge on any atom is 0.124 e. The van der Waals surface area contributed by atoms with Crippen LogP contribution >= 0.6 is 0 Å². The number of methoxy groups -OCH3 is 2. The lowest BCUT2D eigenvalue weighted by Gasteiger charge is -2.25. The van der Waals surface area contributed by atoms with Crippen LogP contribution in [0.15, 0.2) is 30.6 Å². The molecule has 0 bridgehead atoms. The molecule has 1 aliphatic heterocycles. The van der Waals surface area contributed by atoms with E-state index in [-0.39, 0.29) is 0 Å². The molecule has 1 fully saturated rings. The van der Waals surface area contributed by atoms with E-state index in [0.29, 0.717) is 6.04 Å². The number of nitrogens with zero attached hydrogens (tertiary/aromatic N) is 4. The van der Waals surface area contributed by atoms with Crippen molar-refractivity contribution in [2.45, 2.75) is 25.9 Å². The highest BCUT2D eigenvalue weighted by Crippen LogP contribution is 2.31. The molecular formula is C19H26N4O2. The zero-order chi connectivity index (χ0) is 17.8. The highest BCUT2D eigenvalue weighted by Gasteiger charge is 2.26. The molecule has 1 saturated heterocycles. The van der Waals surface area contributed by atoms with E-state index < -0.39 is 0 Å². The number of rotatable bonds is 6. The van der Waals surface area contributed by atoms with Crippen molar-refractivity contribution in [1.82, 2.24) is 14.9 Å². The predicted octanol–water partition coefficient (Wildman–Crippen LogP) is 2.51. The fourth-order valence-corrected chi connectivity index (χ4v) is 3.20. The van der Waals surface area contributed by atoms with Crippen molar-refractivity contribution in [3.8, 4) is 11.5 Å². The Morgan fingerprint density at radius 2 is 1.84 bits per heavy atom. The first-order valence-electron chi connectivity index (χ1n) is 8.55. The topological polar surface area (TPSA) is 50.7 Å². The van der Waals surface area contributed by atoms with Gasteiger partial charge in [0.25, 0.3) is 0 Å². The van der Waals surface area contributed by atoms with E-state index in [9.17, 15) is 0 Å². The first kappa shape index (κ1) is 17.5. The molecule has 134 valence electrons. The summed E-state index contributed by atoms with van der Waals surface area (Å²) in [4.78, 5) is 13.5. The monoisotopic (exact) mass is 342 g/mol. The van der Waals surface area contributed by atoms with Crippen molar-refractivity contribution >= 4 is 5.69 Å². The molecule has 1 aromatic heterocycles. The lowest BCUT2D eigenvalue weighted by atomic mass is 10.2. The summed E-state index contributed by atoms with van der Waals surface area (Å²) in [6.07, 6.45) is 4.81. The maximum absolute atomic E-state index is 5.39. The van der Waals surface area contributed by atoms with Gasteiger partial charge in [-0.05, 0) is 20.4 Å². The molecule has 0 aliphatic carbocycles. The van der Waals surface area contributed by atoms with Crippen molar-refractivity contribution in [1.29, 1.82) is 0 Å². The van der Waals surface area contributed by atoms with Crippen LogP contribution in [0.5, 0.6) is 11.5 Å². The van der Waals surface area contributed by atoms with E-state index in [2.05, 4.69) is 38.9 Å². The van der Waals surface area contributed by atoms with Gasteiger partial charge in [-0.2, -0.15) is 0 Å². The zero-order valence-corrected chi connectivity index (χ0v) is 15.4. The number of aromatic nitrogens is 2. The number of hydrogen-bond donors (Lipinski definition) is 0. The average Bonchev–Trinajstić information content (AvgIpc) is 3.13. The molecule has 6 heteroatoms. The summed E-state index contributed by atoms with van der Waals surface area (Å²) in [6, 6.07) is 6.52. The van der Waals surface area contributed by atoms with Crippen molar-refractivity contribution in [2.75, 3.05) is 39.3 Å². The van der Waals surface area contributed by atoms with Crippen LogP contribution in [0.2, 0.25) is 0 Å². The molecule has 2 aromatic rings. The molecule has 1 aromatic carbocycles. The van der Waals surface area contributed by atoms with Gasteiger partial charge in [-0.15, -0.1) is 0 Å². The van der Waals surface area contributed by atoms with Crippen LogP contribution in [-0.4, -0.2) is 55.3 Å². The number of aryl methyl sites for hydroxylation is 1. The maximum atomic E-state index is 5.39. The van der Waals surface area contributed by atoms with Crippen LogP contribution in [-0.2, 0) is 6.54 Å². The van der Waals surface area contributed by atoms with Crippen molar-refractivity contribution in [2.24, 2.45) is 0 Å². The number of ether oxygens (including phenoxy) is 2. The van der Waals surface area contributed by atoms with E-state index in [1.165, 1.54) is 0 Å². The third-order valence-corrected chi connectivity index (χ3v) is 4.73. The van der Waals surface area contributed by atoms with Gasteiger partial charge in [-0.3, -0.25) is 14.9 Å². The lowest BCUT2D eigenvalue weighted by Crippen LogP contribution is -2.34. The molecule has 0 spiro atoms. The first-order valence-corrected chi connectivity index (χ1v) is 8.55. The third kappa shape index (κ3) is 4.20. The molecule has 0 radical (unpaired) electrons. The van der Waals surface area contributed by atoms with Crippen LogP contribution in [0.4, 0.5) is 5.69 Å². The summed E-state index contributed by atoms with van der Waals surface area (Å²) >= 11 is 0. The van der Waals surface area contributed by atoms with Crippen molar-refractivity contribution in [3.63, 3.8) is 0 Å². The van der Waals surface area contributed by atoms with Gasteiger partial charge >= 0.3 is 0 Å². The minimum atomic E-state index is 0.486. The SMILES string of the molecule is COc1cc(OC)cc(N2CC[C@@H](N(C)Cc3cnc(C)cn3)C2)c1. The number of benzene rings is 1. The fourth-order valence-electron chi connectivity index (χ4n) is 3.20. The molecule has 1 atom stereocenters. The van der Waals surface area contributed by atoms with Crippen LogP contribution in [0.25, 0.3) is 0 Å². The minimum Gasteiger partial charge on any atom is -0.497 e. The normalized spacial score (nSPS) is 17.2. The molecule has 0 saturated carbocycles. The van der Waals surface area contributed by atoms with Crippen LogP contribution < -0.4 is 14.4 Å². The van der Waals surface area contributed by atoms with Gasteiger partial charge in [-0.1, -0.05) is 0 Å². The van der Waals surface area contributed by atoms with E-state index in [1.54, 1.807) is 14.2 Å². The molecule has 3 rings (SSSR count). The van der Waals surface area contributed by atoms with Gasteiger partial charge < -0.3 is 14.4 Å². The Morgan fingerprint density at radius 3 is 2.44 bits per heavy atom. The fraction of sp³-hybridized carbons (Fsp3) is 0.474. The average molecular weight is 342 g/mol. The molecule has 0 unspecified atom stereocenters. The Balaban J connectivity index is 1.65. The second kappa shape index (κ2) is 7.70. The molecule has 0 amide bonds. The van der Waals surface area contributed by atoms with Crippen LogP contribution in [0.1, 0.15) is 17.8 Å².